The van der Waals surface area contributed by atoms with Crippen molar-refractivity contribution in [2.45, 2.75) is 13.3 Å². The van der Waals surface area contributed by atoms with Gasteiger partial charge in [-0.2, -0.15) is 0 Å². The number of hydrogen-bond donors (Lipinski definition) is 2. The molecule has 0 unspecified atom stereocenters. The van der Waals surface area contributed by atoms with Crippen LogP contribution in [0.3, 0.4) is 0 Å². The average molecular weight is 350 g/mol. The van der Waals surface area contributed by atoms with Gasteiger partial charge in [-0.05, 0) is 42.9 Å². The van der Waals surface area contributed by atoms with E-state index in [1.54, 1.807) is 4.90 Å². The smallest absolute Gasteiger partial charge is 0.243 e. The lowest BCUT2D eigenvalue weighted by Crippen LogP contribution is -2.41. The molecule has 0 aromatic heterocycles. The molecule has 1 amide bonds. The number of hydrogen-bond acceptors (Lipinski definition) is 4. The van der Waals surface area contributed by atoms with Crippen LogP contribution in [0.15, 0.2) is 24.3 Å². The molecule has 2 N–H and O–H groups in total. The first-order chi connectivity index (χ1) is 11.6. The zero-order valence-electron chi connectivity index (χ0n) is 14.4. The van der Waals surface area contributed by atoms with Crippen molar-refractivity contribution >= 4 is 34.6 Å². The highest BCUT2D eigenvalue weighted by molar-refractivity contribution is 7.80. The third kappa shape index (κ3) is 5.65. The quantitative estimate of drug-likeness (QED) is 0.762. The van der Waals surface area contributed by atoms with Gasteiger partial charge < -0.3 is 25.2 Å². The zero-order valence-corrected chi connectivity index (χ0v) is 15.2. The number of benzene rings is 1. The van der Waals surface area contributed by atoms with Crippen molar-refractivity contribution in [3.05, 3.63) is 24.3 Å². The first kappa shape index (κ1) is 18.5. The molecule has 1 aliphatic rings. The third-order valence-electron chi connectivity index (χ3n) is 3.78. The van der Waals surface area contributed by atoms with Gasteiger partial charge in [-0.15, -0.1) is 0 Å². The number of thiocarbonyl (C=S) groups is 1. The van der Waals surface area contributed by atoms with Gasteiger partial charge in [0.15, 0.2) is 5.11 Å². The van der Waals surface area contributed by atoms with Crippen LogP contribution in [0.4, 0.5) is 11.4 Å². The Morgan fingerprint density at radius 1 is 1.29 bits per heavy atom. The normalized spacial score (nSPS) is 14.2. The summed E-state index contributed by atoms with van der Waals surface area (Å²) in [7, 11) is 1.81. The summed E-state index contributed by atoms with van der Waals surface area (Å²) in [6.07, 6.45) is 0.996. The minimum absolute atomic E-state index is 0.0859. The number of likely N-dealkylation sites (N-methyl/N-ethyl adjacent to an activating group) is 1. The summed E-state index contributed by atoms with van der Waals surface area (Å²) in [5, 5.41) is 6.60. The van der Waals surface area contributed by atoms with Crippen molar-refractivity contribution < 1.29 is 9.53 Å². The van der Waals surface area contributed by atoms with Crippen LogP contribution in [-0.4, -0.2) is 62.4 Å². The van der Waals surface area contributed by atoms with Crippen molar-refractivity contribution in [3.8, 4) is 0 Å². The molecule has 1 fully saturated rings. The monoisotopic (exact) mass is 350 g/mol. The summed E-state index contributed by atoms with van der Waals surface area (Å²) in [5.74, 6) is -0.0859. The van der Waals surface area contributed by atoms with Crippen LogP contribution in [0.25, 0.3) is 0 Å². The maximum absolute atomic E-state index is 12.1. The molecule has 1 saturated heterocycles. The minimum atomic E-state index is -0.0859. The fourth-order valence-corrected chi connectivity index (χ4v) is 2.60. The Morgan fingerprint density at radius 2 is 1.96 bits per heavy atom. The van der Waals surface area contributed by atoms with E-state index in [2.05, 4.69) is 22.5 Å². The number of anilines is 2. The predicted molar refractivity (Wildman–Crippen MR) is 102 cm³/mol. The van der Waals surface area contributed by atoms with E-state index in [1.807, 2.05) is 31.3 Å². The Bertz CT molecular complexity index is 544. The molecule has 0 radical (unpaired) electrons. The van der Waals surface area contributed by atoms with Crippen molar-refractivity contribution in [1.82, 2.24) is 10.2 Å². The molecular formula is C17H26N4O2S. The Hall–Kier alpha value is -1.86. The lowest BCUT2D eigenvalue weighted by Gasteiger charge is -2.29. The van der Waals surface area contributed by atoms with E-state index in [4.69, 9.17) is 17.0 Å². The van der Waals surface area contributed by atoms with Gasteiger partial charge in [0.25, 0.3) is 0 Å². The molecule has 0 spiro atoms. The zero-order chi connectivity index (χ0) is 17.4. The van der Waals surface area contributed by atoms with Crippen LogP contribution < -0.4 is 15.5 Å². The van der Waals surface area contributed by atoms with Crippen molar-refractivity contribution in [1.29, 1.82) is 0 Å². The lowest BCUT2D eigenvalue weighted by molar-refractivity contribution is -0.116. The molecule has 6 nitrogen and oxygen atoms in total. The Labute approximate surface area is 149 Å². The van der Waals surface area contributed by atoms with E-state index in [-0.39, 0.29) is 12.5 Å². The van der Waals surface area contributed by atoms with Gasteiger partial charge >= 0.3 is 0 Å². The number of nitrogens with zero attached hydrogens (tertiary/aromatic N) is 2. The van der Waals surface area contributed by atoms with Crippen LogP contribution in [0.2, 0.25) is 0 Å². The lowest BCUT2D eigenvalue weighted by atomic mass is 10.2. The van der Waals surface area contributed by atoms with Gasteiger partial charge in [-0.1, -0.05) is 6.92 Å². The summed E-state index contributed by atoms with van der Waals surface area (Å²) < 4.78 is 5.36. The van der Waals surface area contributed by atoms with Gasteiger partial charge in [0.05, 0.1) is 19.8 Å². The van der Waals surface area contributed by atoms with Gasteiger partial charge in [0.1, 0.15) is 0 Å². The molecule has 132 valence electrons. The summed E-state index contributed by atoms with van der Waals surface area (Å²) >= 11 is 5.23. The summed E-state index contributed by atoms with van der Waals surface area (Å²) in [5.41, 5.74) is 1.94. The van der Waals surface area contributed by atoms with Crippen LogP contribution in [-0.2, 0) is 9.53 Å². The van der Waals surface area contributed by atoms with Crippen LogP contribution in [0.5, 0.6) is 0 Å². The Kier molecular flexibility index (Phi) is 7.27. The van der Waals surface area contributed by atoms with Crippen molar-refractivity contribution in [2.75, 3.05) is 56.7 Å². The molecule has 1 aromatic carbocycles. The van der Waals surface area contributed by atoms with E-state index in [9.17, 15) is 4.79 Å². The Balaban J connectivity index is 1.82. The fraction of sp³-hybridized carbons (Fsp3) is 0.529. The largest absolute Gasteiger partial charge is 0.378 e. The molecule has 24 heavy (non-hydrogen) atoms. The average Bonchev–Trinajstić information content (AvgIpc) is 2.61. The SMILES string of the molecule is CCCNC(=S)N(C)CC(=O)Nc1ccc(N2CCOCC2)cc1. The molecule has 2 rings (SSSR count). The van der Waals surface area contributed by atoms with Crippen LogP contribution >= 0.6 is 12.2 Å². The van der Waals surface area contributed by atoms with E-state index in [0.29, 0.717) is 5.11 Å². The molecule has 0 bridgehead atoms. The number of ether oxygens (including phenoxy) is 1. The molecule has 1 heterocycles. The Morgan fingerprint density at radius 3 is 2.58 bits per heavy atom. The second-order valence-corrected chi connectivity index (χ2v) is 6.17. The molecule has 1 aromatic rings. The van der Waals surface area contributed by atoms with E-state index in [0.717, 1.165) is 50.6 Å². The first-order valence-electron chi connectivity index (χ1n) is 8.31. The van der Waals surface area contributed by atoms with Gasteiger partial charge in [-0.3, -0.25) is 4.79 Å². The second-order valence-electron chi connectivity index (χ2n) is 5.78. The van der Waals surface area contributed by atoms with Crippen molar-refractivity contribution in [2.24, 2.45) is 0 Å². The topological polar surface area (TPSA) is 56.8 Å². The van der Waals surface area contributed by atoms with Gasteiger partial charge in [0, 0.05) is 38.1 Å². The maximum Gasteiger partial charge on any atom is 0.243 e. The van der Waals surface area contributed by atoms with Crippen LogP contribution in [0.1, 0.15) is 13.3 Å². The highest BCUT2D eigenvalue weighted by atomic mass is 32.1. The summed E-state index contributed by atoms with van der Waals surface area (Å²) in [6.45, 7) is 6.43. The fourth-order valence-electron chi connectivity index (χ4n) is 2.43. The number of morpholine rings is 1. The number of nitrogens with one attached hydrogen (secondary N) is 2. The van der Waals surface area contributed by atoms with Crippen molar-refractivity contribution in [3.63, 3.8) is 0 Å². The number of carbonyl (C=O) groups excluding carboxylic acids is 1. The number of carbonyl (C=O) groups is 1. The molecule has 7 heteroatoms. The molecule has 0 atom stereocenters. The van der Waals surface area contributed by atoms with Gasteiger partial charge in [-0.25, -0.2) is 0 Å². The minimum Gasteiger partial charge on any atom is -0.378 e. The van der Waals surface area contributed by atoms with E-state index < -0.39 is 0 Å². The number of amides is 1. The first-order valence-corrected chi connectivity index (χ1v) is 8.72. The van der Waals surface area contributed by atoms with E-state index >= 15 is 0 Å². The van der Waals surface area contributed by atoms with E-state index in [1.165, 1.54) is 0 Å². The maximum atomic E-state index is 12.1. The predicted octanol–water partition coefficient (Wildman–Crippen LogP) is 1.68. The van der Waals surface area contributed by atoms with Crippen LogP contribution in [0, 0.1) is 0 Å². The molecular weight excluding hydrogens is 324 g/mol. The molecule has 0 saturated carbocycles. The second kappa shape index (κ2) is 9.44. The highest BCUT2D eigenvalue weighted by Crippen LogP contribution is 2.18. The molecule has 0 aliphatic carbocycles. The summed E-state index contributed by atoms with van der Waals surface area (Å²) in [6, 6.07) is 7.91. The molecule has 1 aliphatic heterocycles. The third-order valence-corrected chi connectivity index (χ3v) is 4.24. The van der Waals surface area contributed by atoms with Gasteiger partial charge in [0.2, 0.25) is 5.91 Å². The summed E-state index contributed by atoms with van der Waals surface area (Å²) in [4.78, 5) is 16.1. The number of rotatable bonds is 6. The highest BCUT2D eigenvalue weighted by Gasteiger charge is 2.12. The standard InChI is InChI=1S/C17H26N4O2S/c1-3-8-18-17(24)20(2)13-16(22)19-14-4-6-15(7-5-14)21-9-11-23-12-10-21/h4-7H,3,8-13H2,1-2H3,(H,18,24)(H,19,22).